The minimum atomic E-state index is 0.488. The fourth-order valence-corrected chi connectivity index (χ4v) is 3.78. The summed E-state index contributed by atoms with van der Waals surface area (Å²) in [7, 11) is 0. The second-order valence-electron chi connectivity index (χ2n) is 6.32. The van der Waals surface area contributed by atoms with Gasteiger partial charge in [0.2, 0.25) is 0 Å². The van der Waals surface area contributed by atoms with Crippen molar-refractivity contribution in [2.45, 2.75) is 70.9 Å². The van der Waals surface area contributed by atoms with Gasteiger partial charge < -0.3 is 10.6 Å². The van der Waals surface area contributed by atoms with Crippen molar-refractivity contribution in [1.82, 2.24) is 4.90 Å². The lowest BCUT2D eigenvalue weighted by molar-refractivity contribution is 0.228. The van der Waals surface area contributed by atoms with Crippen LogP contribution >= 0.6 is 0 Å². The first-order chi connectivity index (χ1) is 8.22. The molecule has 1 aliphatic heterocycles. The van der Waals surface area contributed by atoms with Crippen LogP contribution in [0, 0.1) is 11.8 Å². The number of hydrogen-bond acceptors (Lipinski definition) is 2. The lowest BCUT2D eigenvalue weighted by Gasteiger charge is -2.30. The number of hydrogen-bond donors (Lipinski definition) is 1. The molecule has 1 heterocycles. The SMILES string of the molecule is CCCCCC(C)N1CC2CCCC(N)C2C1. The number of nitrogens with two attached hydrogens (primary N) is 1. The Hall–Kier alpha value is -0.0800. The summed E-state index contributed by atoms with van der Waals surface area (Å²) >= 11 is 0. The molecule has 0 radical (unpaired) electrons. The lowest BCUT2D eigenvalue weighted by atomic mass is 9.78. The van der Waals surface area contributed by atoms with E-state index in [1.807, 2.05) is 0 Å². The maximum absolute atomic E-state index is 6.28. The molecule has 2 rings (SSSR count). The summed E-state index contributed by atoms with van der Waals surface area (Å²) in [6.07, 6.45) is 9.56. The third-order valence-corrected chi connectivity index (χ3v) is 5.03. The van der Waals surface area contributed by atoms with Crippen molar-refractivity contribution in [3.05, 3.63) is 0 Å². The molecule has 0 aromatic rings. The molecule has 100 valence electrons. The molecule has 2 N–H and O–H groups in total. The summed E-state index contributed by atoms with van der Waals surface area (Å²) in [6.45, 7) is 7.30. The van der Waals surface area contributed by atoms with E-state index in [4.69, 9.17) is 5.73 Å². The number of fused-ring (bicyclic) bond motifs is 1. The Morgan fingerprint density at radius 3 is 2.76 bits per heavy atom. The van der Waals surface area contributed by atoms with Crippen LogP contribution in [0.1, 0.15) is 58.8 Å². The zero-order valence-corrected chi connectivity index (χ0v) is 11.7. The summed E-state index contributed by atoms with van der Waals surface area (Å²) in [4.78, 5) is 2.72. The molecular formula is C15H30N2. The van der Waals surface area contributed by atoms with Gasteiger partial charge in [0.05, 0.1) is 0 Å². The molecular weight excluding hydrogens is 208 g/mol. The number of likely N-dealkylation sites (tertiary alicyclic amines) is 1. The quantitative estimate of drug-likeness (QED) is 0.746. The highest BCUT2D eigenvalue weighted by Gasteiger charge is 2.39. The van der Waals surface area contributed by atoms with Crippen molar-refractivity contribution in [1.29, 1.82) is 0 Å². The fraction of sp³-hybridized carbons (Fsp3) is 1.00. The molecule has 0 amide bonds. The second kappa shape index (κ2) is 6.19. The van der Waals surface area contributed by atoms with Crippen molar-refractivity contribution < 1.29 is 0 Å². The van der Waals surface area contributed by atoms with Crippen LogP contribution in [0.2, 0.25) is 0 Å². The van der Waals surface area contributed by atoms with E-state index in [1.54, 1.807) is 0 Å². The first-order valence-electron chi connectivity index (χ1n) is 7.72. The van der Waals surface area contributed by atoms with E-state index in [9.17, 15) is 0 Å². The lowest BCUT2D eigenvalue weighted by Crippen LogP contribution is -2.38. The van der Waals surface area contributed by atoms with Crippen LogP contribution in [-0.4, -0.2) is 30.1 Å². The Morgan fingerprint density at radius 1 is 1.24 bits per heavy atom. The Balaban J connectivity index is 1.79. The molecule has 4 unspecified atom stereocenters. The van der Waals surface area contributed by atoms with Gasteiger partial charge in [-0.3, -0.25) is 0 Å². The normalized spacial score (nSPS) is 35.8. The molecule has 1 saturated heterocycles. The van der Waals surface area contributed by atoms with Gasteiger partial charge in [-0.25, -0.2) is 0 Å². The van der Waals surface area contributed by atoms with Crippen molar-refractivity contribution >= 4 is 0 Å². The van der Waals surface area contributed by atoms with Gasteiger partial charge in [0.15, 0.2) is 0 Å². The summed E-state index contributed by atoms with van der Waals surface area (Å²) in [5, 5.41) is 0. The Kier molecular flexibility index (Phi) is 4.87. The molecule has 2 aliphatic rings. The number of rotatable bonds is 5. The summed E-state index contributed by atoms with van der Waals surface area (Å²) in [5.41, 5.74) is 6.28. The average molecular weight is 238 g/mol. The molecule has 0 aromatic carbocycles. The summed E-state index contributed by atoms with van der Waals surface area (Å²) < 4.78 is 0. The molecule has 2 heteroatoms. The van der Waals surface area contributed by atoms with Crippen LogP contribution in [0.3, 0.4) is 0 Å². The van der Waals surface area contributed by atoms with E-state index >= 15 is 0 Å². The molecule has 2 nitrogen and oxygen atoms in total. The first-order valence-corrected chi connectivity index (χ1v) is 7.72. The predicted octanol–water partition coefficient (Wildman–Crippen LogP) is 3.01. The van der Waals surface area contributed by atoms with E-state index in [1.165, 1.54) is 58.0 Å². The third kappa shape index (κ3) is 3.23. The molecule has 0 bridgehead atoms. The highest BCUT2D eigenvalue weighted by atomic mass is 15.2. The molecule has 0 spiro atoms. The zero-order chi connectivity index (χ0) is 12.3. The maximum atomic E-state index is 6.28. The second-order valence-corrected chi connectivity index (χ2v) is 6.32. The van der Waals surface area contributed by atoms with E-state index in [0.29, 0.717) is 6.04 Å². The van der Waals surface area contributed by atoms with E-state index in [-0.39, 0.29) is 0 Å². The smallest absolute Gasteiger partial charge is 0.00825 e. The van der Waals surface area contributed by atoms with Crippen molar-refractivity contribution in [3.8, 4) is 0 Å². The van der Waals surface area contributed by atoms with Gasteiger partial charge in [-0.15, -0.1) is 0 Å². The van der Waals surface area contributed by atoms with E-state index in [2.05, 4.69) is 18.7 Å². The molecule has 17 heavy (non-hydrogen) atoms. The number of unbranched alkanes of at least 4 members (excludes halogenated alkanes) is 2. The summed E-state index contributed by atoms with van der Waals surface area (Å²) in [5.74, 6) is 1.71. The van der Waals surface area contributed by atoms with Gasteiger partial charge in [0, 0.05) is 25.2 Å². The highest BCUT2D eigenvalue weighted by molar-refractivity contribution is 4.94. The van der Waals surface area contributed by atoms with Crippen LogP contribution in [0.5, 0.6) is 0 Å². The van der Waals surface area contributed by atoms with Crippen molar-refractivity contribution in [2.75, 3.05) is 13.1 Å². The number of nitrogens with zero attached hydrogens (tertiary/aromatic N) is 1. The molecule has 0 aromatic heterocycles. The van der Waals surface area contributed by atoms with Crippen LogP contribution in [0.15, 0.2) is 0 Å². The Bertz CT molecular complexity index is 229. The van der Waals surface area contributed by atoms with Crippen LogP contribution in [0.4, 0.5) is 0 Å². The average Bonchev–Trinajstić information content (AvgIpc) is 2.75. The monoisotopic (exact) mass is 238 g/mol. The maximum Gasteiger partial charge on any atom is 0.00825 e. The minimum Gasteiger partial charge on any atom is -0.327 e. The van der Waals surface area contributed by atoms with Crippen molar-refractivity contribution in [2.24, 2.45) is 17.6 Å². The molecule has 2 fully saturated rings. The molecule has 1 aliphatic carbocycles. The largest absolute Gasteiger partial charge is 0.327 e. The topological polar surface area (TPSA) is 29.3 Å². The minimum absolute atomic E-state index is 0.488. The standard InChI is InChI=1S/C15H30N2/c1-3-4-5-7-12(2)17-10-13-8-6-9-15(16)14(13)11-17/h12-15H,3-11,16H2,1-2H3. The Labute approximate surface area is 107 Å². The van der Waals surface area contributed by atoms with Gasteiger partial charge in [-0.2, -0.15) is 0 Å². The van der Waals surface area contributed by atoms with Gasteiger partial charge in [-0.05, 0) is 38.0 Å². The first kappa shape index (κ1) is 13.4. The van der Waals surface area contributed by atoms with Crippen LogP contribution in [0.25, 0.3) is 0 Å². The third-order valence-electron chi connectivity index (χ3n) is 5.03. The van der Waals surface area contributed by atoms with Gasteiger partial charge in [0.1, 0.15) is 0 Å². The van der Waals surface area contributed by atoms with E-state index in [0.717, 1.165) is 17.9 Å². The van der Waals surface area contributed by atoms with Gasteiger partial charge >= 0.3 is 0 Å². The van der Waals surface area contributed by atoms with Crippen LogP contribution < -0.4 is 5.73 Å². The van der Waals surface area contributed by atoms with Gasteiger partial charge in [-0.1, -0.05) is 32.6 Å². The predicted molar refractivity (Wildman–Crippen MR) is 74.0 cm³/mol. The van der Waals surface area contributed by atoms with Gasteiger partial charge in [0.25, 0.3) is 0 Å². The summed E-state index contributed by atoms with van der Waals surface area (Å²) in [6, 6.07) is 1.26. The fourth-order valence-electron chi connectivity index (χ4n) is 3.78. The van der Waals surface area contributed by atoms with Crippen LogP contribution in [-0.2, 0) is 0 Å². The van der Waals surface area contributed by atoms with E-state index < -0.39 is 0 Å². The highest BCUT2D eigenvalue weighted by Crippen LogP contribution is 2.36. The Morgan fingerprint density at radius 2 is 2.06 bits per heavy atom. The molecule has 1 saturated carbocycles. The van der Waals surface area contributed by atoms with Crippen molar-refractivity contribution in [3.63, 3.8) is 0 Å². The zero-order valence-electron chi connectivity index (χ0n) is 11.7. The molecule has 4 atom stereocenters.